The highest BCUT2D eigenvalue weighted by molar-refractivity contribution is 4.91. The fraction of sp³-hybridized carbons (Fsp3) is 1.00. The van der Waals surface area contributed by atoms with Crippen LogP contribution in [0, 0.1) is 117 Å². The third-order valence-electron chi connectivity index (χ3n) is 34.3. The van der Waals surface area contributed by atoms with Crippen molar-refractivity contribution < 1.29 is 14.6 Å². The Morgan fingerprint density at radius 3 is 0.880 bits per heavy atom. The number of piperidine rings is 7. The summed E-state index contributed by atoms with van der Waals surface area (Å²) in [6.07, 6.45) is 37.6. The maximum Gasteiger partial charge on any atom is 0.115 e. The normalized spacial score (nSPS) is 24.6. The first-order valence-electron chi connectivity index (χ1n) is 54.3. The molecule has 0 spiro atoms. The van der Waals surface area contributed by atoms with E-state index in [1.807, 2.05) is 13.8 Å². The first kappa shape index (κ1) is 122. The van der Waals surface area contributed by atoms with Crippen LogP contribution < -0.4 is 0 Å². The van der Waals surface area contributed by atoms with Crippen LogP contribution in [0.15, 0.2) is 0 Å². The number of halogens is 1. The lowest BCUT2D eigenvalue weighted by Gasteiger charge is -2.43. The number of likely N-dealkylation sites (N-methyl/N-ethyl adjacent to an activating group) is 1. The quantitative estimate of drug-likeness (QED) is 0.154. The molecule has 12 fully saturated rings. The molecule has 0 bridgehead atoms. The molecule has 12 aliphatic rings. The minimum atomic E-state index is -0.882. The molecule has 10 saturated heterocycles. The van der Waals surface area contributed by atoms with Crippen LogP contribution in [0.3, 0.4) is 0 Å². The average molecular weight is 1770 g/mol. The summed E-state index contributed by atoms with van der Waals surface area (Å²) in [5.41, 5.74) is 0.0732. The van der Waals surface area contributed by atoms with E-state index in [2.05, 4.69) is 283 Å². The topological polar surface area (TPSA) is 76.1 Å². The van der Waals surface area contributed by atoms with Crippen LogP contribution in [-0.4, -0.2) is 301 Å². The van der Waals surface area contributed by atoms with Crippen molar-refractivity contribution in [2.45, 2.75) is 384 Å². The molecule has 1 unspecified atom stereocenters. The van der Waals surface area contributed by atoms with Gasteiger partial charge in [0.2, 0.25) is 0 Å². The van der Waals surface area contributed by atoms with Crippen LogP contribution in [0.25, 0.3) is 0 Å². The van der Waals surface area contributed by atoms with Crippen molar-refractivity contribution in [3.05, 3.63) is 0 Å². The molecule has 0 aromatic rings. The monoisotopic (exact) mass is 1770 g/mol. The van der Waals surface area contributed by atoms with E-state index in [1.165, 1.54) is 278 Å². The number of nitrogens with zero attached hydrogens (tertiary/aromatic N) is 11. The van der Waals surface area contributed by atoms with E-state index in [-0.39, 0.29) is 11.5 Å². The van der Waals surface area contributed by atoms with Crippen LogP contribution in [0.1, 0.15) is 367 Å². The van der Waals surface area contributed by atoms with Gasteiger partial charge in [-0.3, -0.25) is 4.90 Å². The Morgan fingerprint density at radius 1 is 0.288 bits per heavy atom. The first-order chi connectivity index (χ1) is 58.6. The molecule has 1 atom stereocenters. The highest BCUT2D eigenvalue weighted by atomic mass is 19.1. The minimum Gasteiger partial charge on any atom is -0.395 e. The van der Waals surface area contributed by atoms with Gasteiger partial charge in [0, 0.05) is 78.0 Å². The fourth-order valence-corrected chi connectivity index (χ4v) is 21.0. The molecule has 0 radical (unpaired) electrons. The molecule has 10 aliphatic heterocycles. The van der Waals surface area contributed by atoms with Gasteiger partial charge in [-0.25, -0.2) is 4.39 Å². The van der Waals surface area contributed by atoms with Crippen molar-refractivity contribution in [1.29, 1.82) is 0 Å². The van der Waals surface area contributed by atoms with Gasteiger partial charge in [-0.05, 0) is 395 Å². The van der Waals surface area contributed by atoms with E-state index >= 15 is 0 Å². The van der Waals surface area contributed by atoms with Crippen LogP contribution in [0.2, 0.25) is 0 Å². The van der Waals surface area contributed by atoms with Gasteiger partial charge < -0.3 is 59.2 Å². The predicted molar refractivity (Wildman–Crippen MR) is 554 cm³/mol. The molecule has 0 amide bonds. The Hall–Kier alpha value is -0.590. The second kappa shape index (κ2) is 66.8. The Bertz CT molecular complexity index is 2330. The number of rotatable bonds is 16. The van der Waals surface area contributed by atoms with Crippen molar-refractivity contribution in [1.82, 2.24) is 53.9 Å². The number of aliphatic hydroxyl groups is 2. The first-order valence-corrected chi connectivity index (χ1v) is 54.3. The predicted octanol–water partition coefficient (Wildman–Crippen LogP) is 24.7. The van der Waals surface area contributed by atoms with E-state index in [0.29, 0.717) is 36.2 Å². The molecular weight excluding hydrogens is 1540 g/mol. The lowest BCUT2D eigenvalue weighted by molar-refractivity contribution is -0.0521. The molecule has 10 heterocycles. The highest BCUT2D eigenvalue weighted by Gasteiger charge is 2.38. The zero-order chi connectivity index (χ0) is 94.8. The van der Waals surface area contributed by atoms with E-state index in [0.717, 1.165) is 146 Å². The Morgan fingerprint density at radius 2 is 0.592 bits per heavy atom. The molecule has 0 aromatic heterocycles. The largest absolute Gasteiger partial charge is 0.395 e. The van der Waals surface area contributed by atoms with Gasteiger partial charge in [0.25, 0.3) is 0 Å². The Labute approximate surface area is 785 Å². The summed E-state index contributed by atoms with van der Waals surface area (Å²) in [7, 11) is 17.5. The van der Waals surface area contributed by atoms with Gasteiger partial charge in [0.15, 0.2) is 0 Å². The molecular formula is C111H232FN11O2. The second-order valence-corrected chi connectivity index (χ2v) is 47.6. The minimum absolute atomic E-state index is 0.177. The molecule has 13 nitrogen and oxygen atoms in total. The summed E-state index contributed by atoms with van der Waals surface area (Å²) in [5.74, 6) is 15.5. The third kappa shape index (κ3) is 52.4. The van der Waals surface area contributed by atoms with Crippen LogP contribution in [0.5, 0.6) is 0 Å². The number of hydrogen-bond acceptors (Lipinski definition) is 13. The van der Waals surface area contributed by atoms with Crippen LogP contribution >= 0.6 is 0 Å². The van der Waals surface area contributed by atoms with E-state index in [1.54, 1.807) is 0 Å². The van der Waals surface area contributed by atoms with E-state index in [9.17, 15) is 9.50 Å². The van der Waals surface area contributed by atoms with Crippen molar-refractivity contribution in [2.75, 3.05) is 220 Å². The summed E-state index contributed by atoms with van der Waals surface area (Å²) < 4.78 is 13.8. The summed E-state index contributed by atoms with van der Waals surface area (Å²) in [5, 5.41) is 18.8. The van der Waals surface area contributed by atoms with Gasteiger partial charge in [0.05, 0.1) is 12.2 Å². The smallest absolute Gasteiger partial charge is 0.115 e. The molecule has 14 heteroatoms. The van der Waals surface area contributed by atoms with Crippen molar-refractivity contribution in [3.63, 3.8) is 0 Å². The third-order valence-corrected chi connectivity index (χ3v) is 34.3. The van der Waals surface area contributed by atoms with Gasteiger partial charge in [0.1, 0.15) is 5.67 Å². The van der Waals surface area contributed by atoms with Gasteiger partial charge in [-0.1, -0.05) is 231 Å². The summed E-state index contributed by atoms with van der Waals surface area (Å²) in [6.45, 7) is 91.4. The Kier molecular flexibility index (Phi) is 65.4. The van der Waals surface area contributed by atoms with Gasteiger partial charge >= 0.3 is 0 Å². The van der Waals surface area contributed by atoms with E-state index in [4.69, 9.17) is 5.11 Å². The average Bonchev–Trinajstić information content (AvgIpc) is 1.34. The number of β-amino-alcohol motifs (C(OH)–C–C–N with tert-alkyl or cyclic N) is 1. The molecule has 2 aliphatic carbocycles. The van der Waals surface area contributed by atoms with Gasteiger partial charge in [-0.15, -0.1) is 0 Å². The molecule has 0 aromatic carbocycles. The fourth-order valence-electron chi connectivity index (χ4n) is 21.0. The second-order valence-electron chi connectivity index (χ2n) is 47.6. The summed E-state index contributed by atoms with van der Waals surface area (Å²) >= 11 is 0. The number of hydrogen-bond donors (Lipinski definition) is 2. The van der Waals surface area contributed by atoms with E-state index < -0.39 is 5.67 Å². The maximum absolute atomic E-state index is 13.8. The molecule has 2 N–H and O–H groups in total. The maximum atomic E-state index is 13.8. The number of piperazine rings is 1. The Balaban J connectivity index is 0.000000683. The SMILES string of the molecule is CC(C)C1(C)CCCCC1.CC(C)C1(F)CCN(C)CC1.CC(C)C1(O)CCN(C)CC1.CC(C)C1CCCCC1.CC(C)C1CCCN(C)CC1.CC(C)C1CCN(C)CC1.CC(C)C1CCN(C)CC1.CC(C)C1CCN(CCO)CC1.CC(C)C1CN(C)C1.CC(C)N1CCN(C)CC1.CCC1(C(C)C)CCN(C)CC1.CCN1CCC(C(C)C)CC1. The number of alkyl halides is 1. The number of aliphatic hydroxyl groups excluding tert-OH is 1. The lowest BCUT2D eigenvalue weighted by Crippen LogP contribution is -2.47. The summed E-state index contributed by atoms with van der Waals surface area (Å²) in [6, 6.07) is 0.730. The van der Waals surface area contributed by atoms with Crippen LogP contribution in [-0.2, 0) is 0 Å². The number of likely N-dealkylation sites (tertiary alicyclic amines) is 9. The molecule has 2 saturated carbocycles. The van der Waals surface area contributed by atoms with Gasteiger partial charge in [-0.2, -0.15) is 0 Å². The standard InChI is InChI=1S/C11H23N.C10H21NO.2C10H21N.C10H20.C9H18FN.C9H19NO.2C9H19N.C9H18.C8H18N2.C7H15N/c1-5-11(10(2)3)6-8-12(4)9-7-11;1-9(2)10-3-5-11(6-4-10)7-8-12;1-9(2)10-5-4-7-11(3)8-6-10;1-4-11-7-5-10(6-8-11)9(2)3;1-9(2)10(3)7-5-4-6-8-10;1-8(2)9(10)4-6-11(3)7-5-9;1-8(2)9(11)4-6-10(3)7-5-9;2*1-8(2)9-4-6-10(3)7-5-9;1-8(2)9-6-4-3-5-7-9;1-8(2)10-6-4-9(3)5-7-10;1-6(2)7-4-8(3)5-7/h10H,5-9H2,1-4H3;9-10,12H,3-8H2,1-2H3;2*9-10H,4-8H2,1-3H3;9H,4-8H2,1-3H3;8H,4-7H2,1-3H3;8,11H,4-7H2,1-3H3;2*8-9H,4-7H2,1-3H3;8-9H,3-7H2,1-2H3;8H,4-7H2,1-3H3;6-7H,4-5H2,1-3H3. The van der Waals surface area contributed by atoms with Crippen molar-refractivity contribution >= 4 is 0 Å². The van der Waals surface area contributed by atoms with Crippen molar-refractivity contribution in [2.24, 2.45) is 117 Å². The van der Waals surface area contributed by atoms with Crippen molar-refractivity contribution in [3.8, 4) is 0 Å². The molecule has 12 rings (SSSR count). The summed E-state index contributed by atoms with van der Waals surface area (Å²) in [4.78, 5) is 26.4. The lowest BCUT2D eigenvalue weighted by atomic mass is 9.68. The molecule has 125 heavy (non-hydrogen) atoms. The zero-order valence-corrected chi connectivity index (χ0v) is 91.6. The molecule has 750 valence electrons. The highest BCUT2D eigenvalue weighted by Crippen LogP contribution is 2.43. The van der Waals surface area contributed by atoms with Crippen LogP contribution in [0.4, 0.5) is 4.39 Å². The zero-order valence-electron chi connectivity index (χ0n) is 91.6.